The normalized spacial score (nSPS) is 11.7. The lowest BCUT2D eigenvalue weighted by atomic mass is 10.3. The van der Waals surface area contributed by atoms with Gasteiger partial charge < -0.3 is 5.11 Å². The number of hydrogen-bond donors (Lipinski definition) is 1. The van der Waals surface area contributed by atoms with Gasteiger partial charge in [0.2, 0.25) is 0 Å². The van der Waals surface area contributed by atoms with E-state index in [-0.39, 0.29) is 0 Å². The van der Waals surface area contributed by atoms with Crippen LogP contribution < -0.4 is 0 Å². The van der Waals surface area contributed by atoms with Gasteiger partial charge in [0.25, 0.3) is 0 Å². The lowest BCUT2D eigenvalue weighted by Gasteiger charge is -1.99. The Hall–Kier alpha value is -1.29. The van der Waals surface area contributed by atoms with Crippen LogP contribution in [0.1, 0.15) is 6.92 Å². The molecule has 1 heterocycles. The van der Waals surface area contributed by atoms with Crippen molar-refractivity contribution < 1.29 is 9.90 Å². The highest BCUT2D eigenvalue weighted by Crippen LogP contribution is 2.06. The Morgan fingerprint density at radius 2 is 2.54 bits per heavy atom. The van der Waals surface area contributed by atoms with E-state index in [1.165, 1.54) is 6.20 Å². The SMILES string of the molecule is CC(=CC(=O)O)Cn1cc(Cl)cn1. The van der Waals surface area contributed by atoms with Crippen molar-refractivity contribution in [2.45, 2.75) is 13.5 Å². The van der Waals surface area contributed by atoms with Gasteiger partial charge >= 0.3 is 5.97 Å². The number of aliphatic carboxylic acids is 1. The molecule has 0 aliphatic rings. The molecule has 5 heteroatoms. The first-order valence-electron chi connectivity index (χ1n) is 3.66. The molecule has 0 amide bonds. The Balaban J connectivity index is 2.64. The van der Waals surface area contributed by atoms with Crippen LogP contribution in [0.4, 0.5) is 0 Å². The van der Waals surface area contributed by atoms with Crippen LogP contribution in [0.2, 0.25) is 5.02 Å². The van der Waals surface area contributed by atoms with Crippen LogP contribution in [0.5, 0.6) is 0 Å². The Morgan fingerprint density at radius 1 is 1.85 bits per heavy atom. The summed E-state index contributed by atoms with van der Waals surface area (Å²) in [5.41, 5.74) is 0.715. The molecule has 13 heavy (non-hydrogen) atoms. The van der Waals surface area contributed by atoms with Crippen molar-refractivity contribution in [3.05, 3.63) is 29.1 Å². The molecule has 0 aliphatic carbocycles. The summed E-state index contributed by atoms with van der Waals surface area (Å²) in [5, 5.41) is 12.9. The summed E-state index contributed by atoms with van der Waals surface area (Å²) in [6.45, 7) is 2.17. The fourth-order valence-corrected chi connectivity index (χ4v) is 1.09. The molecule has 0 atom stereocenters. The van der Waals surface area contributed by atoms with E-state index in [9.17, 15) is 4.79 Å². The maximum Gasteiger partial charge on any atom is 0.328 e. The number of aromatic nitrogens is 2. The molecule has 4 nitrogen and oxygen atoms in total. The monoisotopic (exact) mass is 200 g/mol. The van der Waals surface area contributed by atoms with E-state index in [1.54, 1.807) is 17.8 Å². The van der Waals surface area contributed by atoms with E-state index in [0.29, 0.717) is 17.1 Å². The molecule has 0 unspecified atom stereocenters. The molecule has 0 spiro atoms. The summed E-state index contributed by atoms with van der Waals surface area (Å²) in [6, 6.07) is 0. The molecular formula is C8H9ClN2O2. The third-order valence-corrected chi connectivity index (χ3v) is 1.58. The van der Waals surface area contributed by atoms with Crippen LogP contribution in [0.25, 0.3) is 0 Å². The van der Waals surface area contributed by atoms with Gasteiger partial charge in [-0.15, -0.1) is 0 Å². The van der Waals surface area contributed by atoms with E-state index < -0.39 is 5.97 Å². The zero-order valence-electron chi connectivity index (χ0n) is 7.07. The summed E-state index contributed by atoms with van der Waals surface area (Å²) >= 11 is 5.63. The van der Waals surface area contributed by atoms with Gasteiger partial charge in [-0.2, -0.15) is 5.10 Å². The van der Waals surface area contributed by atoms with Crippen LogP contribution >= 0.6 is 11.6 Å². The molecule has 1 aromatic rings. The second-order valence-corrected chi connectivity index (χ2v) is 3.12. The first-order valence-corrected chi connectivity index (χ1v) is 4.04. The second-order valence-electron chi connectivity index (χ2n) is 2.69. The number of allylic oxidation sites excluding steroid dienone is 1. The number of rotatable bonds is 3. The summed E-state index contributed by atoms with van der Waals surface area (Å²) in [4.78, 5) is 10.3. The average Bonchev–Trinajstić information content (AvgIpc) is 2.33. The molecule has 0 fully saturated rings. The highest BCUT2D eigenvalue weighted by Gasteiger charge is 1.98. The lowest BCUT2D eigenvalue weighted by molar-refractivity contribution is -0.131. The van der Waals surface area contributed by atoms with Crippen LogP contribution in [0.15, 0.2) is 24.0 Å². The molecule has 70 valence electrons. The maximum absolute atomic E-state index is 10.3. The molecule has 0 saturated heterocycles. The molecule has 0 aliphatic heterocycles. The fraction of sp³-hybridized carbons (Fsp3) is 0.250. The van der Waals surface area contributed by atoms with Gasteiger partial charge in [0.15, 0.2) is 0 Å². The second kappa shape index (κ2) is 4.09. The minimum atomic E-state index is -0.948. The van der Waals surface area contributed by atoms with E-state index in [4.69, 9.17) is 16.7 Å². The summed E-state index contributed by atoms with van der Waals surface area (Å²) < 4.78 is 1.58. The maximum atomic E-state index is 10.3. The zero-order chi connectivity index (χ0) is 9.84. The van der Waals surface area contributed by atoms with Gasteiger partial charge in [-0.05, 0) is 12.5 Å². The highest BCUT2D eigenvalue weighted by atomic mass is 35.5. The van der Waals surface area contributed by atoms with Gasteiger partial charge in [-0.25, -0.2) is 4.79 Å². The minimum Gasteiger partial charge on any atom is -0.478 e. The van der Waals surface area contributed by atoms with Crippen molar-refractivity contribution in [1.82, 2.24) is 9.78 Å². The van der Waals surface area contributed by atoms with Crippen molar-refractivity contribution >= 4 is 17.6 Å². The van der Waals surface area contributed by atoms with E-state index in [0.717, 1.165) is 6.08 Å². The number of hydrogen-bond acceptors (Lipinski definition) is 2. The third kappa shape index (κ3) is 3.29. The average molecular weight is 201 g/mol. The predicted molar refractivity (Wildman–Crippen MR) is 48.6 cm³/mol. The standard InChI is InChI=1S/C8H9ClN2O2/c1-6(2-8(12)13)4-11-5-7(9)3-10-11/h2-3,5H,4H2,1H3,(H,12,13). The molecule has 1 aromatic heterocycles. The van der Waals surface area contributed by atoms with Gasteiger partial charge in [0.05, 0.1) is 17.8 Å². The molecule has 0 radical (unpaired) electrons. The van der Waals surface area contributed by atoms with Crippen LogP contribution in [0, 0.1) is 0 Å². The first-order chi connectivity index (χ1) is 6.08. The van der Waals surface area contributed by atoms with Crippen molar-refractivity contribution in [3.63, 3.8) is 0 Å². The number of carbonyl (C=O) groups is 1. The number of carboxylic acids is 1. The topological polar surface area (TPSA) is 55.1 Å². The Morgan fingerprint density at radius 3 is 3.00 bits per heavy atom. The fourth-order valence-electron chi connectivity index (χ4n) is 0.937. The summed E-state index contributed by atoms with van der Waals surface area (Å²) in [7, 11) is 0. The van der Waals surface area contributed by atoms with Crippen LogP contribution in [-0.4, -0.2) is 20.9 Å². The molecule has 0 aromatic carbocycles. The van der Waals surface area contributed by atoms with Gasteiger partial charge in [-0.1, -0.05) is 11.6 Å². The molecule has 1 rings (SSSR count). The van der Waals surface area contributed by atoms with Crippen molar-refractivity contribution in [2.24, 2.45) is 0 Å². The number of carboxylic acid groups (broad SMARTS) is 1. The molecule has 0 bridgehead atoms. The van der Waals surface area contributed by atoms with Gasteiger partial charge in [-0.3, -0.25) is 4.68 Å². The largest absolute Gasteiger partial charge is 0.478 e. The Kier molecular flexibility index (Phi) is 3.08. The minimum absolute atomic E-state index is 0.443. The van der Waals surface area contributed by atoms with Gasteiger partial charge in [0, 0.05) is 12.3 Å². The number of halogens is 1. The molecule has 0 saturated carbocycles. The smallest absolute Gasteiger partial charge is 0.328 e. The zero-order valence-corrected chi connectivity index (χ0v) is 7.82. The van der Waals surface area contributed by atoms with Gasteiger partial charge in [0.1, 0.15) is 0 Å². The Labute approximate surface area is 80.4 Å². The van der Waals surface area contributed by atoms with Crippen molar-refractivity contribution in [2.75, 3.05) is 0 Å². The van der Waals surface area contributed by atoms with Crippen molar-refractivity contribution in [1.29, 1.82) is 0 Å². The van der Waals surface area contributed by atoms with E-state index in [2.05, 4.69) is 5.10 Å². The summed E-state index contributed by atoms with van der Waals surface area (Å²) in [5.74, 6) is -0.948. The lowest BCUT2D eigenvalue weighted by Crippen LogP contribution is -2.01. The van der Waals surface area contributed by atoms with Crippen LogP contribution in [-0.2, 0) is 11.3 Å². The quantitative estimate of drug-likeness (QED) is 0.754. The summed E-state index contributed by atoms with van der Waals surface area (Å²) in [6.07, 6.45) is 4.30. The predicted octanol–water partition coefficient (Wildman–Crippen LogP) is 1.57. The van der Waals surface area contributed by atoms with Crippen LogP contribution in [0.3, 0.4) is 0 Å². The third-order valence-electron chi connectivity index (χ3n) is 1.38. The molecular weight excluding hydrogens is 192 g/mol. The number of nitrogens with zero attached hydrogens (tertiary/aromatic N) is 2. The van der Waals surface area contributed by atoms with E-state index in [1.807, 2.05) is 0 Å². The van der Waals surface area contributed by atoms with Crippen molar-refractivity contribution in [3.8, 4) is 0 Å². The highest BCUT2D eigenvalue weighted by molar-refractivity contribution is 6.30. The first kappa shape index (κ1) is 9.80. The van der Waals surface area contributed by atoms with E-state index >= 15 is 0 Å². The molecule has 1 N–H and O–H groups in total. The Bertz CT molecular complexity index is 344.